The van der Waals surface area contributed by atoms with Gasteiger partial charge in [-0.25, -0.2) is 0 Å². The fourth-order valence-electron chi connectivity index (χ4n) is 1.09. The van der Waals surface area contributed by atoms with Gasteiger partial charge in [-0.1, -0.05) is 13.8 Å². The predicted octanol–water partition coefficient (Wildman–Crippen LogP) is 1.89. The Kier molecular flexibility index (Phi) is 3.20. The highest BCUT2D eigenvalue weighted by Gasteiger charge is 2.07. The van der Waals surface area contributed by atoms with E-state index in [1.807, 2.05) is 10.9 Å². The van der Waals surface area contributed by atoms with Crippen molar-refractivity contribution in [1.29, 1.82) is 0 Å². The Hall–Kier alpha value is -0.730. The van der Waals surface area contributed by atoms with Gasteiger partial charge in [-0.15, -0.1) is 0 Å². The van der Waals surface area contributed by atoms with E-state index in [1.165, 1.54) is 12.8 Å². The lowest BCUT2D eigenvalue weighted by Crippen LogP contribution is -2.10. The molecule has 0 saturated heterocycles. The van der Waals surface area contributed by atoms with Crippen LogP contribution in [0.5, 0.6) is 0 Å². The smallest absolute Gasteiger partial charge is 0.157 e. The molecule has 11 heavy (non-hydrogen) atoms. The van der Waals surface area contributed by atoms with Crippen molar-refractivity contribution < 1.29 is 4.70 Å². The van der Waals surface area contributed by atoms with Crippen molar-refractivity contribution in [2.75, 3.05) is 13.1 Å². The molecule has 62 valence electrons. The SMILES string of the molecule is CC(C)CCC[N+]1=NN=CC1. The maximum Gasteiger partial charge on any atom is 0.188 e. The summed E-state index contributed by atoms with van der Waals surface area (Å²) >= 11 is 0. The average Bonchev–Trinajstić information content (AvgIpc) is 2.39. The summed E-state index contributed by atoms with van der Waals surface area (Å²) in [6.45, 7) is 6.45. The summed E-state index contributed by atoms with van der Waals surface area (Å²) in [5, 5.41) is 7.72. The lowest BCUT2D eigenvalue weighted by molar-refractivity contribution is -0.576. The van der Waals surface area contributed by atoms with Crippen LogP contribution in [-0.4, -0.2) is 24.0 Å². The molecular weight excluding hydrogens is 138 g/mol. The van der Waals surface area contributed by atoms with Gasteiger partial charge in [-0.2, -0.15) is 4.70 Å². The Morgan fingerprint density at radius 2 is 2.36 bits per heavy atom. The van der Waals surface area contributed by atoms with E-state index in [1.54, 1.807) is 0 Å². The summed E-state index contributed by atoms with van der Waals surface area (Å²) in [6, 6.07) is 0. The van der Waals surface area contributed by atoms with E-state index in [2.05, 4.69) is 24.2 Å². The second-order valence-electron chi connectivity index (χ2n) is 3.34. The van der Waals surface area contributed by atoms with Crippen molar-refractivity contribution >= 4 is 6.21 Å². The maximum absolute atomic E-state index is 3.94. The van der Waals surface area contributed by atoms with E-state index in [0.29, 0.717) is 0 Å². The van der Waals surface area contributed by atoms with Gasteiger partial charge in [-0.05, 0) is 18.8 Å². The normalized spacial score (nSPS) is 16.1. The molecule has 0 N–H and O–H groups in total. The van der Waals surface area contributed by atoms with Crippen LogP contribution in [0.3, 0.4) is 0 Å². The minimum atomic E-state index is 0.804. The summed E-state index contributed by atoms with van der Waals surface area (Å²) in [5.41, 5.74) is 0. The number of nitrogens with zero attached hydrogens (tertiary/aromatic N) is 3. The highest BCUT2D eigenvalue weighted by molar-refractivity contribution is 5.58. The average molecular weight is 154 g/mol. The number of hydrogen-bond donors (Lipinski definition) is 0. The van der Waals surface area contributed by atoms with Crippen molar-refractivity contribution in [2.45, 2.75) is 26.7 Å². The summed E-state index contributed by atoms with van der Waals surface area (Å²) in [4.78, 5) is 0. The molecule has 0 atom stereocenters. The quantitative estimate of drug-likeness (QED) is 0.553. The zero-order valence-electron chi connectivity index (χ0n) is 7.32. The molecule has 1 heterocycles. The van der Waals surface area contributed by atoms with Gasteiger partial charge in [0.15, 0.2) is 12.8 Å². The van der Waals surface area contributed by atoms with Gasteiger partial charge in [0.2, 0.25) is 0 Å². The predicted molar refractivity (Wildman–Crippen MR) is 45.0 cm³/mol. The van der Waals surface area contributed by atoms with Crippen LogP contribution in [0.2, 0.25) is 0 Å². The third-order valence-corrected chi connectivity index (χ3v) is 1.75. The highest BCUT2D eigenvalue weighted by Crippen LogP contribution is 2.03. The van der Waals surface area contributed by atoms with Crippen molar-refractivity contribution in [1.82, 2.24) is 0 Å². The second-order valence-corrected chi connectivity index (χ2v) is 3.34. The Balaban J connectivity index is 2.04. The van der Waals surface area contributed by atoms with Crippen LogP contribution in [-0.2, 0) is 0 Å². The summed E-state index contributed by atoms with van der Waals surface area (Å²) < 4.78 is 2.00. The van der Waals surface area contributed by atoms with Gasteiger partial charge in [0.1, 0.15) is 11.8 Å². The first kappa shape index (κ1) is 8.37. The van der Waals surface area contributed by atoms with Crippen molar-refractivity contribution in [2.24, 2.45) is 16.2 Å². The zero-order chi connectivity index (χ0) is 8.10. The third-order valence-electron chi connectivity index (χ3n) is 1.75. The molecule has 3 heteroatoms. The van der Waals surface area contributed by atoms with Gasteiger partial charge in [0.05, 0.1) is 5.10 Å². The van der Waals surface area contributed by atoms with E-state index in [9.17, 15) is 0 Å². The van der Waals surface area contributed by atoms with Crippen LogP contribution in [0.15, 0.2) is 10.3 Å². The van der Waals surface area contributed by atoms with Gasteiger partial charge < -0.3 is 0 Å². The molecule has 0 radical (unpaired) electrons. The topological polar surface area (TPSA) is 27.7 Å². The lowest BCUT2D eigenvalue weighted by Gasteiger charge is -2.01. The fourth-order valence-corrected chi connectivity index (χ4v) is 1.09. The Morgan fingerprint density at radius 3 is 2.91 bits per heavy atom. The summed E-state index contributed by atoms with van der Waals surface area (Å²) in [5.74, 6) is 0.804. The molecule has 1 rings (SSSR count). The van der Waals surface area contributed by atoms with Crippen molar-refractivity contribution in [3.63, 3.8) is 0 Å². The third kappa shape index (κ3) is 3.25. The zero-order valence-corrected chi connectivity index (χ0v) is 7.32. The maximum atomic E-state index is 3.94. The lowest BCUT2D eigenvalue weighted by atomic mass is 10.1. The Bertz CT molecular complexity index is 170. The first-order valence-electron chi connectivity index (χ1n) is 4.26. The van der Waals surface area contributed by atoms with E-state index in [-0.39, 0.29) is 0 Å². The standard InChI is InChI=1S/C8H16N3/c1-8(2)4-3-6-11-7-5-9-10-11/h5,8H,3-4,6-7H2,1-2H3/q+1. The van der Waals surface area contributed by atoms with Crippen LogP contribution in [0.4, 0.5) is 0 Å². The molecule has 0 aromatic carbocycles. The van der Waals surface area contributed by atoms with Gasteiger partial charge >= 0.3 is 0 Å². The second kappa shape index (κ2) is 4.21. The van der Waals surface area contributed by atoms with Crippen LogP contribution in [0, 0.1) is 5.92 Å². The molecule has 0 unspecified atom stereocenters. The highest BCUT2D eigenvalue weighted by atomic mass is 15.5. The molecule has 0 bridgehead atoms. The minimum Gasteiger partial charge on any atom is -0.157 e. The molecular formula is C8H16N3+. The van der Waals surface area contributed by atoms with Gasteiger partial charge in [-0.3, -0.25) is 0 Å². The van der Waals surface area contributed by atoms with Crippen LogP contribution < -0.4 is 0 Å². The molecule has 1 aliphatic heterocycles. The minimum absolute atomic E-state index is 0.804. The van der Waals surface area contributed by atoms with Crippen LogP contribution in [0.25, 0.3) is 0 Å². The van der Waals surface area contributed by atoms with Crippen LogP contribution in [0.1, 0.15) is 26.7 Å². The molecule has 0 amide bonds. The van der Waals surface area contributed by atoms with E-state index >= 15 is 0 Å². The van der Waals surface area contributed by atoms with Crippen molar-refractivity contribution in [3.05, 3.63) is 0 Å². The van der Waals surface area contributed by atoms with E-state index in [4.69, 9.17) is 0 Å². The van der Waals surface area contributed by atoms with E-state index in [0.717, 1.165) is 19.0 Å². The van der Waals surface area contributed by atoms with Crippen molar-refractivity contribution in [3.8, 4) is 0 Å². The fraction of sp³-hybridized carbons (Fsp3) is 0.875. The van der Waals surface area contributed by atoms with Crippen LogP contribution >= 0.6 is 0 Å². The number of rotatable bonds is 4. The molecule has 0 aromatic heterocycles. The van der Waals surface area contributed by atoms with Gasteiger partial charge in [0.25, 0.3) is 0 Å². The van der Waals surface area contributed by atoms with E-state index < -0.39 is 0 Å². The first-order chi connectivity index (χ1) is 5.29. The molecule has 0 fully saturated rings. The molecule has 3 nitrogen and oxygen atoms in total. The monoisotopic (exact) mass is 154 g/mol. The number of hydrogen-bond acceptors (Lipinski definition) is 2. The Morgan fingerprint density at radius 1 is 1.55 bits per heavy atom. The molecule has 0 spiro atoms. The largest absolute Gasteiger partial charge is 0.188 e. The molecule has 1 aliphatic rings. The van der Waals surface area contributed by atoms with Gasteiger partial charge in [0, 0.05) is 0 Å². The summed E-state index contributed by atoms with van der Waals surface area (Å²) in [6.07, 6.45) is 4.35. The first-order valence-corrected chi connectivity index (χ1v) is 4.26. The molecule has 0 aromatic rings. The Labute approximate surface area is 67.8 Å². The molecule has 0 saturated carbocycles. The molecule has 0 aliphatic carbocycles. The summed E-state index contributed by atoms with van der Waals surface area (Å²) in [7, 11) is 0.